The van der Waals surface area contributed by atoms with E-state index in [1.54, 1.807) is 11.6 Å². The van der Waals surface area contributed by atoms with Crippen molar-refractivity contribution in [2.75, 3.05) is 26.2 Å². The third-order valence-corrected chi connectivity index (χ3v) is 5.02. The lowest BCUT2D eigenvalue weighted by Gasteiger charge is -2.35. The molecule has 8 nitrogen and oxygen atoms in total. The highest BCUT2D eigenvalue weighted by atomic mass is 16.5. The van der Waals surface area contributed by atoms with E-state index in [1.807, 2.05) is 35.2 Å². The summed E-state index contributed by atoms with van der Waals surface area (Å²) >= 11 is 0. The van der Waals surface area contributed by atoms with Crippen molar-refractivity contribution >= 4 is 5.91 Å². The summed E-state index contributed by atoms with van der Waals surface area (Å²) in [6.45, 7) is 5.86. The number of carbonyl (C=O) groups is 1. The fraction of sp³-hybridized carbons (Fsp3) is 0.333. The van der Waals surface area contributed by atoms with Gasteiger partial charge >= 0.3 is 0 Å². The van der Waals surface area contributed by atoms with Crippen LogP contribution in [0.3, 0.4) is 0 Å². The molecule has 0 N–H and O–H groups in total. The number of amides is 1. The molecule has 1 atom stereocenters. The number of nitrogens with zero attached hydrogens (tertiary/aromatic N) is 6. The maximum Gasteiger partial charge on any atom is 0.263 e. The maximum atomic E-state index is 12.8. The molecular formula is C21H24N6O2. The van der Waals surface area contributed by atoms with Gasteiger partial charge in [0.2, 0.25) is 0 Å². The first-order chi connectivity index (χ1) is 14.2. The summed E-state index contributed by atoms with van der Waals surface area (Å²) in [6.07, 6.45) is 0.961. The number of benzene rings is 2. The van der Waals surface area contributed by atoms with Gasteiger partial charge in [0.15, 0.2) is 6.10 Å². The van der Waals surface area contributed by atoms with Gasteiger partial charge in [-0.25, -0.2) is 4.68 Å². The molecule has 1 saturated heterocycles. The topological polar surface area (TPSA) is 76.4 Å². The smallest absolute Gasteiger partial charge is 0.263 e. The van der Waals surface area contributed by atoms with E-state index in [1.165, 1.54) is 11.9 Å². The Balaban J connectivity index is 1.30. The van der Waals surface area contributed by atoms with E-state index in [0.717, 1.165) is 25.3 Å². The Morgan fingerprint density at radius 3 is 2.59 bits per heavy atom. The van der Waals surface area contributed by atoms with Crippen LogP contribution in [-0.4, -0.2) is 68.2 Å². The third-order valence-electron chi connectivity index (χ3n) is 5.02. The van der Waals surface area contributed by atoms with Gasteiger partial charge in [-0.1, -0.05) is 36.4 Å². The largest absolute Gasteiger partial charge is 0.481 e. The van der Waals surface area contributed by atoms with E-state index >= 15 is 0 Å². The average Bonchev–Trinajstić information content (AvgIpc) is 3.30. The van der Waals surface area contributed by atoms with Gasteiger partial charge in [0.25, 0.3) is 5.91 Å². The number of rotatable bonds is 6. The summed E-state index contributed by atoms with van der Waals surface area (Å²) in [5.74, 6) is 0.624. The van der Waals surface area contributed by atoms with Crippen molar-refractivity contribution in [1.29, 1.82) is 0 Å². The van der Waals surface area contributed by atoms with Crippen LogP contribution in [0.15, 0.2) is 60.9 Å². The maximum absolute atomic E-state index is 12.8. The van der Waals surface area contributed by atoms with E-state index in [9.17, 15) is 4.79 Å². The molecule has 2 heterocycles. The average molecular weight is 392 g/mol. The molecule has 1 fully saturated rings. The Labute approximate surface area is 169 Å². The fourth-order valence-electron chi connectivity index (χ4n) is 3.46. The Kier molecular flexibility index (Phi) is 5.81. The minimum absolute atomic E-state index is 0.0113. The lowest BCUT2D eigenvalue weighted by Crippen LogP contribution is -2.51. The molecule has 0 bridgehead atoms. The quantitative estimate of drug-likeness (QED) is 0.636. The van der Waals surface area contributed by atoms with Crippen LogP contribution in [0, 0.1) is 0 Å². The minimum atomic E-state index is -0.556. The van der Waals surface area contributed by atoms with Gasteiger partial charge in [0.1, 0.15) is 12.1 Å². The predicted molar refractivity (Wildman–Crippen MR) is 108 cm³/mol. The first-order valence-electron chi connectivity index (χ1n) is 9.74. The highest BCUT2D eigenvalue weighted by Gasteiger charge is 2.26. The van der Waals surface area contributed by atoms with Gasteiger partial charge in [-0.05, 0) is 35.0 Å². The number of aromatic nitrogens is 4. The van der Waals surface area contributed by atoms with Gasteiger partial charge in [-0.15, -0.1) is 5.10 Å². The minimum Gasteiger partial charge on any atom is -0.481 e. The molecule has 1 aromatic heterocycles. The van der Waals surface area contributed by atoms with Crippen molar-refractivity contribution < 1.29 is 9.53 Å². The second-order valence-electron chi connectivity index (χ2n) is 7.10. The van der Waals surface area contributed by atoms with Crippen LogP contribution in [0.1, 0.15) is 12.5 Å². The van der Waals surface area contributed by atoms with Crippen molar-refractivity contribution in [3.05, 3.63) is 66.5 Å². The van der Waals surface area contributed by atoms with E-state index in [2.05, 4.69) is 44.7 Å². The molecule has 1 aliphatic heterocycles. The normalized spacial score (nSPS) is 15.8. The number of tetrazole rings is 1. The van der Waals surface area contributed by atoms with Gasteiger partial charge in [-0.2, -0.15) is 0 Å². The van der Waals surface area contributed by atoms with Crippen molar-refractivity contribution in [3.8, 4) is 11.4 Å². The van der Waals surface area contributed by atoms with Crippen LogP contribution in [0.2, 0.25) is 0 Å². The van der Waals surface area contributed by atoms with Crippen LogP contribution in [0.5, 0.6) is 5.75 Å². The lowest BCUT2D eigenvalue weighted by molar-refractivity contribution is -0.139. The summed E-state index contributed by atoms with van der Waals surface area (Å²) in [4.78, 5) is 17.1. The standard InChI is InChI=1S/C21H24N6O2/c1-17(29-20-9-5-8-19(14-20)27-16-22-23-24-27)21(28)26-12-10-25(11-13-26)15-18-6-3-2-4-7-18/h2-9,14,16-17H,10-13,15H2,1H3. The van der Waals surface area contributed by atoms with E-state index in [4.69, 9.17) is 4.74 Å². The molecule has 0 saturated carbocycles. The second kappa shape index (κ2) is 8.83. The van der Waals surface area contributed by atoms with Gasteiger partial charge in [0.05, 0.1) is 5.69 Å². The van der Waals surface area contributed by atoms with Crippen LogP contribution in [-0.2, 0) is 11.3 Å². The number of carbonyl (C=O) groups excluding carboxylic acids is 1. The highest BCUT2D eigenvalue weighted by Crippen LogP contribution is 2.18. The zero-order valence-electron chi connectivity index (χ0n) is 16.4. The molecule has 0 aliphatic carbocycles. The number of hydrogen-bond donors (Lipinski definition) is 0. The number of hydrogen-bond acceptors (Lipinski definition) is 6. The second-order valence-corrected chi connectivity index (χ2v) is 7.10. The monoisotopic (exact) mass is 392 g/mol. The molecule has 29 heavy (non-hydrogen) atoms. The van der Waals surface area contributed by atoms with Gasteiger partial charge in [-0.3, -0.25) is 9.69 Å². The Hall–Kier alpha value is -3.26. The molecule has 3 aromatic rings. The Morgan fingerprint density at radius 2 is 1.86 bits per heavy atom. The third kappa shape index (κ3) is 4.78. The summed E-state index contributed by atoms with van der Waals surface area (Å²) in [5, 5.41) is 11.1. The Morgan fingerprint density at radius 1 is 1.07 bits per heavy atom. The van der Waals surface area contributed by atoms with Crippen molar-refractivity contribution in [2.45, 2.75) is 19.6 Å². The molecule has 2 aromatic carbocycles. The zero-order valence-corrected chi connectivity index (χ0v) is 16.4. The van der Waals surface area contributed by atoms with Crippen LogP contribution in [0.25, 0.3) is 5.69 Å². The Bertz CT molecular complexity index is 923. The first kappa shape index (κ1) is 19.1. The molecule has 8 heteroatoms. The summed E-state index contributed by atoms with van der Waals surface area (Å²) in [7, 11) is 0. The molecule has 0 radical (unpaired) electrons. The number of piperazine rings is 1. The highest BCUT2D eigenvalue weighted by molar-refractivity contribution is 5.81. The van der Waals surface area contributed by atoms with E-state index in [0.29, 0.717) is 18.8 Å². The summed E-state index contributed by atoms with van der Waals surface area (Å²) in [5.41, 5.74) is 2.08. The molecular weight excluding hydrogens is 368 g/mol. The van der Waals surface area contributed by atoms with E-state index in [-0.39, 0.29) is 5.91 Å². The predicted octanol–water partition coefficient (Wildman–Crippen LogP) is 1.77. The number of ether oxygens (including phenoxy) is 1. The lowest BCUT2D eigenvalue weighted by atomic mass is 10.2. The van der Waals surface area contributed by atoms with Crippen LogP contribution < -0.4 is 4.74 Å². The molecule has 1 aliphatic rings. The molecule has 0 spiro atoms. The molecule has 4 rings (SSSR count). The van der Waals surface area contributed by atoms with E-state index < -0.39 is 6.10 Å². The first-order valence-corrected chi connectivity index (χ1v) is 9.74. The molecule has 1 amide bonds. The van der Waals surface area contributed by atoms with Gasteiger partial charge in [0, 0.05) is 38.8 Å². The molecule has 1 unspecified atom stereocenters. The zero-order chi connectivity index (χ0) is 20.1. The van der Waals surface area contributed by atoms with Crippen molar-refractivity contribution in [1.82, 2.24) is 30.0 Å². The van der Waals surface area contributed by atoms with Crippen molar-refractivity contribution in [3.63, 3.8) is 0 Å². The van der Waals surface area contributed by atoms with Crippen molar-refractivity contribution in [2.24, 2.45) is 0 Å². The summed E-state index contributed by atoms with van der Waals surface area (Å²) in [6, 6.07) is 17.8. The summed E-state index contributed by atoms with van der Waals surface area (Å²) < 4.78 is 7.45. The molecule has 150 valence electrons. The van der Waals surface area contributed by atoms with Crippen LogP contribution in [0.4, 0.5) is 0 Å². The fourth-order valence-corrected chi connectivity index (χ4v) is 3.46. The SMILES string of the molecule is CC(Oc1cccc(-n2cnnn2)c1)C(=O)N1CCN(Cc2ccccc2)CC1. The van der Waals surface area contributed by atoms with Gasteiger partial charge < -0.3 is 9.64 Å². The van der Waals surface area contributed by atoms with Crippen LogP contribution >= 0.6 is 0 Å².